The predicted octanol–water partition coefficient (Wildman–Crippen LogP) is 7.64. The molecule has 20 heteroatoms. The zero-order valence-corrected chi connectivity index (χ0v) is 55.2. The third kappa shape index (κ3) is 29.5. The lowest BCUT2D eigenvalue weighted by Crippen LogP contribution is -2.43. The van der Waals surface area contributed by atoms with Gasteiger partial charge in [0.05, 0.1) is 25.2 Å². The van der Waals surface area contributed by atoms with Crippen LogP contribution in [0.1, 0.15) is 201 Å². The fourth-order valence-electron chi connectivity index (χ4n) is 10.3. The molecule has 95 heavy (non-hydrogen) atoms. The molecule has 1 aliphatic carbocycles. The summed E-state index contributed by atoms with van der Waals surface area (Å²) < 4.78 is 5.69. The van der Waals surface area contributed by atoms with Crippen LogP contribution >= 0.6 is 0 Å². The topological polar surface area (TPSA) is 353 Å². The Kier molecular flexibility index (Phi) is 37.4. The first-order valence-electron chi connectivity index (χ1n) is 33.2. The molecule has 1 aliphatic rings. The number of nitrogens with one attached hydrogen (secondary N) is 5. The van der Waals surface area contributed by atoms with Crippen LogP contribution in [0.3, 0.4) is 0 Å². The van der Waals surface area contributed by atoms with Crippen molar-refractivity contribution in [1.29, 1.82) is 0 Å². The smallest absolute Gasteiger partial charge is 0.407 e. The van der Waals surface area contributed by atoms with Gasteiger partial charge >= 0.3 is 6.09 Å². The van der Waals surface area contributed by atoms with E-state index in [2.05, 4.69) is 99.9 Å². The third-order valence-corrected chi connectivity index (χ3v) is 15.9. The number of nitrogens with two attached hydrogens (primary N) is 5. The lowest BCUT2D eigenvalue weighted by atomic mass is 9.91. The molecule has 0 saturated heterocycles. The first kappa shape index (κ1) is 77.9. The minimum Gasteiger partial charge on any atom is -0.449 e. The number of hydrogen-bond donors (Lipinski definition) is 10. The zero-order valence-electron chi connectivity index (χ0n) is 55.2. The van der Waals surface area contributed by atoms with Gasteiger partial charge in [0.1, 0.15) is 12.4 Å². The van der Waals surface area contributed by atoms with E-state index in [0.29, 0.717) is 113 Å². The molecule has 4 aromatic carbocycles. The molecule has 0 bridgehead atoms. The van der Waals surface area contributed by atoms with Crippen LogP contribution in [0, 0.1) is 59.2 Å². The average molecular weight is 1300 g/mol. The van der Waals surface area contributed by atoms with E-state index in [-0.39, 0.29) is 73.7 Å². The van der Waals surface area contributed by atoms with Crippen LogP contribution < -0.4 is 55.3 Å². The minimum absolute atomic E-state index is 0.0329. The van der Waals surface area contributed by atoms with Crippen molar-refractivity contribution >= 4 is 53.1 Å². The Balaban J connectivity index is 0.000000433. The molecule has 0 fully saturated rings. The van der Waals surface area contributed by atoms with Crippen molar-refractivity contribution in [3.05, 3.63) is 130 Å². The second-order valence-corrected chi connectivity index (χ2v) is 23.2. The molecular weight excluding hydrogens is 1200 g/mol. The van der Waals surface area contributed by atoms with Gasteiger partial charge in [-0.15, -0.1) is 0 Å². The fourth-order valence-corrected chi connectivity index (χ4v) is 10.3. The molecule has 0 saturated carbocycles. The summed E-state index contributed by atoms with van der Waals surface area (Å²) >= 11 is 0. The number of primary amides is 2. The van der Waals surface area contributed by atoms with Gasteiger partial charge in [0, 0.05) is 78.8 Å². The van der Waals surface area contributed by atoms with E-state index >= 15 is 0 Å². The molecule has 15 N–H and O–H groups in total. The Morgan fingerprint density at radius 3 is 1.27 bits per heavy atom. The van der Waals surface area contributed by atoms with Crippen molar-refractivity contribution in [2.45, 2.75) is 160 Å². The van der Waals surface area contributed by atoms with E-state index in [0.717, 1.165) is 73.6 Å². The number of hydrogen-bond acceptors (Lipinski definition) is 13. The molecule has 0 heterocycles. The van der Waals surface area contributed by atoms with Crippen LogP contribution in [-0.2, 0) is 23.9 Å². The lowest BCUT2D eigenvalue weighted by molar-refractivity contribution is -0.128. The fraction of sp³-hybridized carbons (Fsp3) is 0.453. The predicted molar refractivity (Wildman–Crippen MR) is 370 cm³/mol. The largest absolute Gasteiger partial charge is 0.449 e. The molecule has 5 rings (SSSR count). The van der Waals surface area contributed by atoms with Crippen LogP contribution in [0.4, 0.5) is 4.79 Å². The number of alkyl carbamates (subject to hydrolysis) is 1. The number of benzene rings is 4. The van der Waals surface area contributed by atoms with E-state index < -0.39 is 41.8 Å². The number of fused-ring (bicyclic) bond motifs is 3. The highest BCUT2D eigenvalue weighted by molar-refractivity contribution is 5.99. The molecule has 0 radical (unpaired) electrons. The quantitative estimate of drug-likeness (QED) is 0.0152. The second kappa shape index (κ2) is 45.7. The van der Waals surface area contributed by atoms with Crippen molar-refractivity contribution in [2.75, 3.05) is 45.9 Å². The van der Waals surface area contributed by atoms with Gasteiger partial charge in [-0.25, -0.2) is 4.79 Å². The van der Waals surface area contributed by atoms with Crippen LogP contribution in [0.15, 0.2) is 97.1 Å². The van der Waals surface area contributed by atoms with Crippen LogP contribution in [0.2, 0.25) is 0 Å². The number of ketones is 2. The first-order valence-corrected chi connectivity index (χ1v) is 33.2. The lowest BCUT2D eigenvalue weighted by Gasteiger charge is -2.21. The number of carbonyl (C=O) groups is 9. The molecule has 0 spiro atoms. The normalized spacial score (nSPS) is 12.1. The number of amides is 7. The van der Waals surface area contributed by atoms with E-state index in [1.165, 1.54) is 0 Å². The summed E-state index contributed by atoms with van der Waals surface area (Å²) in [5.74, 6) is 18.3. The summed E-state index contributed by atoms with van der Waals surface area (Å²) in [4.78, 5) is 113. The average Bonchev–Trinajstić information content (AvgIpc) is 1.62. The Bertz CT molecular complexity index is 3370. The summed E-state index contributed by atoms with van der Waals surface area (Å²) in [7, 11) is 0. The number of ether oxygens (including phenoxy) is 1. The van der Waals surface area contributed by atoms with Gasteiger partial charge in [-0.3, -0.25) is 38.4 Å². The Morgan fingerprint density at radius 2 is 0.853 bits per heavy atom. The maximum atomic E-state index is 13.5. The molecule has 506 valence electrons. The summed E-state index contributed by atoms with van der Waals surface area (Å²) in [6.07, 6.45) is 12.0. The summed E-state index contributed by atoms with van der Waals surface area (Å²) in [6.45, 7) is 6.41. The van der Waals surface area contributed by atoms with E-state index in [4.69, 9.17) is 33.4 Å². The molecular formula is C75H96N10O10. The molecule has 4 unspecified atom stereocenters. The maximum absolute atomic E-state index is 13.5. The van der Waals surface area contributed by atoms with E-state index in [1.54, 1.807) is 48.5 Å². The Morgan fingerprint density at radius 1 is 0.463 bits per heavy atom. The highest BCUT2D eigenvalue weighted by Crippen LogP contribution is 2.44. The highest BCUT2D eigenvalue weighted by atomic mass is 16.5. The van der Waals surface area contributed by atoms with Gasteiger partial charge < -0.3 is 60.0 Å². The van der Waals surface area contributed by atoms with Crippen LogP contribution in [0.5, 0.6) is 0 Å². The summed E-state index contributed by atoms with van der Waals surface area (Å²) in [5, 5.41) is 13.8. The van der Waals surface area contributed by atoms with E-state index in [1.807, 2.05) is 36.4 Å². The number of rotatable bonds is 39. The number of Topliss-reactive ketones (excluding diaryl/α,β-unsaturated/α-hetero) is 2. The van der Waals surface area contributed by atoms with Gasteiger partial charge in [0.15, 0.2) is 5.78 Å². The zero-order chi connectivity index (χ0) is 69.0. The maximum Gasteiger partial charge on any atom is 0.407 e. The molecule has 7 amide bonds. The first-order chi connectivity index (χ1) is 46.0. The van der Waals surface area contributed by atoms with Crippen molar-refractivity contribution in [3.63, 3.8) is 0 Å². The van der Waals surface area contributed by atoms with E-state index in [9.17, 15) is 43.2 Å². The van der Waals surface area contributed by atoms with Crippen molar-refractivity contribution in [1.82, 2.24) is 26.6 Å². The van der Waals surface area contributed by atoms with Crippen LogP contribution in [-0.4, -0.2) is 111 Å². The number of carbonyl (C=O) groups excluding carboxylic acids is 9. The molecule has 0 aliphatic heterocycles. The van der Waals surface area contributed by atoms with Crippen molar-refractivity contribution < 1.29 is 47.9 Å². The molecule has 4 atom stereocenters. The molecule has 4 aromatic rings. The SMILES string of the molecule is CCCCC#CC#CCNC(=O)c1ccc(C(=O)NCCCCC(CC(=O)C(CCCCN)NC(=O)OCC2c3ccccc3-c3ccccc32)C(N)=O)cc1.CCCCC#CC#CCNC(=O)c1ccc(C(=O)NCCCCC(CC(=O)C(N)CCCCN)C(N)=O)cc1. The third-order valence-electron chi connectivity index (χ3n) is 15.9. The van der Waals surface area contributed by atoms with Gasteiger partial charge in [-0.1, -0.05) is 118 Å². The Labute approximate surface area is 560 Å². The number of unbranched alkanes of at least 4 members (excludes halogenated alkanes) is 8. The standard InChI is InChI=1S/C45H53N5O6.C30H43N5O4/c1-2-3-4-5-6-7-15-28-48-43(53)32-23-25-33(26-24-32)44(54)49-29-16-13-17-34(42(47)52)30-41(51)40(22-12-14-27-46)50-45(55)56-31-39-37-20-10-8-18-35(37)36-19-9-11-21-38(36)39;1-2-3-4-5-6-7-11-20-34-29(38)23-15-17-24(18-16-23)30(39)35-21-12-9-13-25(28(33)37)22-27(36)26(32)14-8-10-19-31/h8-11,18-21,23-26,34,39-40H,2-4,12-14,16-17,22,27-31,46H2,1H3,(H2,47,52)(H,48,53)(H,49,54)(H,50,55);15-18,25-26H,2-4,8-10,12-14,19-22,31-32H2,1H3,(H2,33,37)(H,34,38)(H,35,39). The monoisotopic (exact) mass is 1300 g/mol. The Hall–Kier alpha value is -9.57. The highest BCUT2D eigenvalue weighted by Gasteiger charge is 2.31. The summed E-state index contributed by atoms with van der Waals surface area (Å²) in [6, 6.07) is 27.2. The van der Waals surface area contributed by atoms with Gasteiger partial charge in [-0.05, 0) is 178 Å². The summed E-state index contributed by atoms with van der Waals surface area (Å²) in [5.41, 5.74) is 34.3. The molecule has 20 nitrogen and oxygen atoms in total. The van der Waals surface area contributed by atoms with Gasteiger partial charge in [0.2, 0.25) is 11.8 Å². The van der Waals surface area contributed by atoms with Gasteiger partial charge in [0.25, 0.3) is 23.6 Å². The molecule has 0 aromatic heterocycles. The second-order valence-electron chi connectivity index (χ2n) is 23.2. The van der Waals surface area contributed by atoms with Gasteiger partial charge in [-0.2, -0.15) is 0 Å². The minimum atomic E-state index is -0.857. The van der Waals surface area contributed by atoms with Crippen molar-refractivity contribution in [3.8, 4) is 58.5 Å². The van der Waals surface area contributed by atoms with Crippen molar-refractivity contribution in [2.24, 2.45) is 40.5 Å². The van der Waals surface area contributed by atoms with Crippen LogP contribution in [0.25, 0.3) is 11.1 Å².